The van der Waals surface area contributed by atoms with Crippen molar-refractivity contribution in [3.05, 3.63) is 10.6 Å². The molecule has 0 saturated carbocycles. The topological polar surface area (TPSA) is 92.8 Å². The molecule has 2 aliphatic heterocycles. The van der Waals surface area contributed by atoms with E-state index in [1.54, 1.807) is 11.9 Å². The molecule has 2 atom stereocenters. The molecule has 3 heterocycles. The summed E-state index contributed by atoms with van der Waals surface area (Å²) in [5.41, 5.74) is 0.371. The largest absolute Gasteiger partial charge is 0.444 e. The van der Waals surface area contributed by atoms with Crippen molar-refractivity contribution in [3.8, 4) is 0 Å². The van der Waals surface area contributed by atoms with E-state index in [4.69, 9.17) is 9.47 Å². The Bertz CT molecular complexity index is 654. The van der Waals surface area contributed by atoms with Crippen LogP contribution in [0.5, 0.6) is 0 Å². The number of nitrogens with zero attached hydrogens (tertiary/aromatic N) is 2. The van der Waals surface area contributed by atoms with Crippen LogP contribution in [0.1, 0.15) is 37.4 Å². The van der Waals surface area contributed by atoms with E-state index in [-0.39, 0.29) is 24.2 Å². The van der Waals surface area contributed by atoms with Crippen LogP contribution in [0.15, 0.2) is 0 Å². The molecule has 3 amide bonds. The zero-order chi connectivity index (χ0) is 17.5. The van der Waals surface area contributed by atoms with Gasteiger partial charge in [-0.05, 0) is 20.8 Å². The molecule has 2 bridgehead atoms. The average molecular weight is 354 g/mol. The number of carbonyl (C=O) groups excluding carboxylic acids is 2. The minimum atomic E-state index is -0.549. The van der Waals surface area contributed by atoms with E-state index in [0.29, 0.717) is 24.8 Å². The Morgan fingerprint density at radius 1 is 1.38 bits per heavy atom. The highest BCUT2D eigenvalue weighted by Crippen LogP contribution is 2.41. The van der Waals surface area contributed by atoms with E-state index < -0.39 is 5.60 Å². The molecule has 8 nitrogen and oxygen atoms in total. The highest BCUT2D eigenvalue weighted by atomic mass is 32.1. The number of anilines is 1. The second kappa shape index (κ2) is 6.21. The van der Waals surface area contributed by atoms with E-state index in [1.807, 2.05) is 20.8 Å². The number of carbonyl (C=O) groups is 2. The molecule has 1 saturated heterocycles. The molecule has 0 unspecified atom stereocenters. The third-order valence-corrected chi connectivity index (χ3v) is 4.94. The zero-order valence-electron chi connectivity index (χ0n) is 14.2. The van der Waals surface area contributed by atoms with Gasteiger partial charge in [0.25, 0.3) is 0 Å². The Labute approximate surface area is 144 Å². The van der Waals surface area contributed by atoms with Crippen LogP contribution in [0.4, 0.5) is 14.7 Å². The van der Waals surface area contributed by atoms with Crippen molar-refractivity contribution in [2.75, 3.05) is 25.6 Å². The molecular weight excluding hydrogens is 332 g/mol. The van der Waals surface area contributed by atoms with Crippen LogP contribution in [-0.4, -0.2) is 53.9 Å². The summed E-state index contributed by atoms with van der Waals surface area (Å²) in [6, 6.07) is -0.634. The van der Waals surface area contributed by atoms with Gasteiger partial charge in [0.1, 0.15) is 5.60 Å². The van der Waals surface area contributed by atoms with E-state index in [2.05, 4.69) is 15.6 Å². The molecule has 2 aliphatic rings. The lowest BCUT2D eigenvalue weighted by molar-refractivity contribution is -0.0666. The van der Waals surface area contributed by atoms with Crippen LogP contribution in [0.2, 0.25) is 0 Å². The van der Waals surface area contributed by atoms with Gasteiger partial charge in [-0.3, -0.25) is 10.2 Å². The van der Waals surface area contributed by atoms with Crippen molar-refractivity contribution < 1.29 is 19.1 Å². The minimum absolute atomic E-state index is 0.0962. The van der Waals surface area contributed by atoms with E-state index >= 15 is 0 Å². The number of morpholine rings is 1. The number of thiazole rings is 1. The minimum Gasteiger partial charge on any atom is -0.444 e. The van der Waals surface area contributed by atoms with E-state index in [1.165, 1.54) is 11.3 Å². The first-order valence-corrected chi connectivity index (χ1v) is 8.67. The number of urea groups is 1. The third kappa shape index (κ3) is 3.32. The Morgan fingerprint density at radius 3 is 2.79 bits per heavy atom. The number of ether oxygens (including phenoxy) is 2. The van der Waals surface area contributed by atoms with Gasteiger partial charge < -0.3 is 14.8 Å². The van der Waals surface area contributed by atoms with Gasteiger partial charge in [0.05, 0.1) is 35.9 Å². The first kappa shape index (κ1) is 17.0. The Hall–Kier alpha value is -1.87. The molecule has 0 aliphatic carbocycles. The van der Waals surface area contributed by atoms with Crippen LogP contribution in [0.3, 0.4) is 0 Å². The summed E-state index contributed by atoms with van der Waals surface area (Å²) in [6.07, 6.45) is 0.262. The Kier molecular flexibility index (Phi) is 4.39. The van der Waals surface area contributed by atoms with Gasteiger partial charge in [-0.1, -0.05) is 11.3 Å². The van der Waals surface area contributed by atoms with E-state index in [9.17, 15) is 9.59 Å². The lowest BCUT2D eigenvalue weighted by atomic mass is 9.97. The molecule has 1 aromatic rings. The summed E-state index contributed by atoms with van der Waals surface area (Å²) in [5, 5.41) is 5.72. The SMILES string of the molecule is CNC(=O)Nc1nc2c(s1)[C@H]1COC[C@@H](C2)N1C(=O)OC(C)(C)C. The predicted octanol–water partition coefficient (Wildman–Crippen LogP) is 2.13. The maximum Gasteiger partial charge on any atom is 0.411 e. The predicted molar refractivity (Wildman–Crippen MR) is 89.3 cm³/mol. The van der Waals surface area contributed by atoms with E-state index in [0.717, 1.165) is 10.6 Å². The maximum absolute atomic E-state index is 12.6. The standard InChI is InChI=1S/C15H22N4O4S/c1-15(2,3)23-14(21)19-8-5-9-11(10(19)7-22-6-8)24-13(17-9)18-12(20)16-4/h8,10H,5-7H2,1-4H3,(H2,16,17,18,20)/t8-,10-/m1/s1. The lowest BCUT2D eigenvalue weighted by Crippen LogP contribution is -2.55. The number of hydrogen-bond acceptors (Lipinski definition) is 6. The van der Waals surface area contributed by atoms with Gasteiger partial charge in [-0.2, -0.15) is 0 Å². The van der Waals surface area contributed by atoms with Crippen molar-refractivity contribution >= 4 is 28.6 Å². The fraction of sp³-hybridized carbons (Fsp3) is 0.667. The molecule has 3 rings (SSSR count). The van der Waals surface area contributed by atoms with Crippen LogP contribution in [-0.2, 0) is 15.9 Å². The number of rotatable bonds is 1. The van der Waals surface area contributed by atoms with Crippen molar-refractivity contribution in [2.24, 2.45) is 0 Å². The van der Waals surface area contributed by atoms with Crippen molar-refractivity contribution in [3.63, 3.8) is 0 Å². The zero-order valence-corrected chi connectivity index (χ0v) is 15.0. The smallest absolute Gasteiger partial charge is 0.411 e. The average Bonchev–Trinajstić information content (AvgIpc) is 2.87. The second-order valence-corrected chi connectivity index (χ2v) is 7.86. The van der Waals surface area contributed by atoms with Crippen LogP contribution < -0.4 is 10.6 Å². The molecule has 0 radical (unpaired) electrons. The summed E-state index contributed by atoms with van der Waals surface area (Å²) >= 11 is 1.37. The molecular formula is C15H22N4O4S. The van der Waals surface area contributed by atoms with Gasteiger partial charge in [-0.15, -0.1) is 0 Å². The fourth-order valence-corrected chi connectivity index (χ4v) is 3.96. The monoisotopic (exact) mass is 354 g/mol. The molecule has 24 heavy (non-hydrogen) atoms. The summed E-state index contributed by atoms with van der Waals surface area (Å²) in [6.45, 7) is 6.43. The molecule has 9 heteroatoms. The van der Waals surface area contributed by atoms with Crippen LogP contribution >= 0.6 is 11.3 Å². The normalized spacial score (nSPS) is 22.6. The number of hydrogen-bond donors (Lipinski definition) is 2. The maximum atomic E-state index is 12.6. The first-order valence-electron chi connectivity index (χ1n) is 7.86. The van der Waals surface area contributed by atoms with Gasteiger partial charge in [-0.25, -0.2) is 14.6 Å². The molecule has 1 fully saturated rings. The highest BCUT2D eigenvalue weighted by molar-refractivity contribution is 7.16. The van der Waals surface area contributed by atoms with Crippen molar-refractivity contribution in [1.29, 1.82) is 0 Å². The van der Waals surface area contributed by atoms with Gasteiger partial charge >= 0.3 is 12.1 Å². The van der Waals surface area contributed by atoms with Crippen molar-refractivity contribution in [1.82, 2.24) is 15.2 Å². The molecule has 2 N–H and O–H groups in total. The number of nitrogens with one attached hydrogen (secondary N) is 2. The number of aromatic nitrogens is 1. The number of amides is 3. The van der Waals surface area contributed by atoms with Crippen molar-refractivity contribution in [2.45, 2.75) is 44.9 Å². The van der Waals surface area contributed by atoms with Crippen LogP contribution in [0.25, 0.3) is 0 Å². The first-order chi connectivity index (χ1) is 11.3. The Balaban J connectivity index is 1.86. The summed E-state index contributed by atoms with van der Waals surface area (Å²) in [7, 11) is 1.55. The molecule has 0 aromatic carbocycles. The summed E-state index contributed by atoms with van der Waals surface area (Å²) in [4.78, 5) is 31.3. The molecule has 132 valence electrons. The molecule has 0 spiro atoms. The quantitative estimate of drug-likeness (QED) is 0.806. The highest BCUT2D eigenvalue weighted by Gasteiger charge is 2.44. The number of fused-ring (bicyclic) bond motifs is 4. The van der Waals surface area contributed by atoms with Crippen LogP contribution in [0, 0.1) is 0 Å². The summed E-state index contributed by atoms with van der Waals surface area (Å²) in [5.74, 6) is 0. The summed E-state index contributed by atoms with van der Waals surface area (Å²) < 4.78 is 11.2. The second-order valence-electron chi connectivity index (χ2n) is 6.83. The molecule has 1 aromatic heterocycles. The van der Waals surface area contributed by atoms with Gasteiger partial charge in [0.2, 0.25) is 0 Å². The van der Waals surface area contributed by atoms with Gasteiger partial charge in [0.15, 0.2) is 5.13 Å². The lowest BCUT2D eigenvalue weighted by Gasteiger charge is -2.44. The Morgan fingerprint density at radius 2 is 2.12 bits per heavy atom. The third-order valence-electron chi connectivity index (χ3n) is 3.83. The fourth-order valence-electron chi connectivity index (χ4n) is 2.89. The van der Waals surface area contributed by atoms with Gasteiger partial charge in [0, 0.05) is 13.5 Å².